The van der Waals surface area contributed by atoms with Crippen LogP contribution in [0.25, 0.3) is 0 Å². The number of nitrogens with one attached hydrogen (secondary N) is 1. The summed E-state index contributed by atoms with van der Waals surface area (Å²) in [6.45, 7) is -0.907. The number of carboxylic acids is 1. The van der Waals surface area contributed by atoms with Crippen molar-refractivity contribution in [2.24, 2.45) is 0 Å². The molecule has 0 aromatic heterocycles. The number of carbonyl (C=O) groups excluding carboxylic acids is 1. The highest BCUT2D eigenvalue weighted by Crippen LogP contribution is 2.39. The summed E-state index contributed by atoms with van der Waals surface area (Å²) in [4.78, 5) is 23.1. The second-order valence-corrected chi connectivity index (χ2v) is 7.07. The van der Waals surface area contributed by atoms with E-state index >= 15 is 0 Å². The van der Waals surface area contributed by atoms with Crippen molar-refractivity contribution in [1.82, 2.24) is 5.32 Å². The number of halogens is 2. The van der Waals surface area contributed by atoms with Gasteiger partial charge in [0.15, 0.2) is 6.17 Å². The molecule has 0 spiro atoms. The molecule has 25 heavy (non-hydrogen) atoms. The molecule has 7 atom stereocenters. The topological polar surface area (TPSA) is 157 Å². The highest BCUT2D eigenvalue weighted by molar-refractivity contribution is 14.1. The first-order valence-corrected chi connectivity index (χ1v) is 8.30. The minimum absolute atomic E-state index is 0.0619. The van der Waals surface area contributed by atoms with E-state index in [4.69, 9.17) is 16.3 Å². The van der Waals surface area contributed by atoms with Gasteiger partial charge in [-0.1, -0.05) is 0 Å². The van der Waals surface area contributed by atoms with Gasteiger partial charge < -0.3 is 35.6 Å². The Balaban J connectivity index is 3.14. The number of alkyl halides is 2. The minimum atomic E-state index is -2.56. The molecule has 1 rings (SSSR count). The smallest absolute Gasteiger partial charge is 0.349 e. The Morgan fingerprint density at radius 1 is 1.44 bits per heavy atom. The molecule has 11 heteroatoms. The predicted molar refractivity (Wildman–Crippen MR) is 89.3 cm³/mol. The summed E-state index contributed by atoms with van der Waals surface area (Å²) in [7, 11) is 0. The van der Waals surface area contributed by atoms with Crippen LogP contribution in [0, 0.1) is 12.3 Å². The van der Waals surface area contributed by atoms with Crippen LogP contribution in [-0.2, 0) is 14.3 Å². The van der Waals surface area contributed by atoms with Gasteiger partial charge in [-0.3, -0.25) is 4.79 Å². The zero-order chi connectivity index (χ0) is 19.4. The van der Waals surface area contributed by atoms with E-state index in [2.05, 4.69) is 11.2 Å². The number of hydrogen-bond acceptors (Lipinski definition) is 7. The molecule has 0 radical (unpaired) electrons. The molecule has 0 aliphatic carbocycles. The molecular formula is C14H19FINO8. The van der Waals surface area contributed by atoms with Crippen molar-refractivity contribution in [2.45, 2.75) is 53.1 Å². The normalized spacial score (nSPS) is 34.6. The monoisotopic (exact) mass is 475 g/mol. The molecule has 0 aromatic rings. The van der Waals surface area contributed by atoms with Gasteiger partial charge in [0.1, 0.15) is 24.4 Å². The van der Waals surface area contributed by atoms with Crippen molar-refractivity contribution in [1.29, 1.82) is 0 Å². The molecule has 6 N–H and O–H groups in total. The van der Waals surface area contributed by atoms with Crippen LogP contribution >= 0.6 is 22.6 Å². The van der Waals surface area contributed by atoms with Gasteiger partial charge in [-0.15, -0.1) is 12.3 Å². The number of terminal acetylenes is 1. The lowest BCUT2D eigenvalue weighted by Crippen LogP contribution is -2.70. The summed E-state index contributed by atoms with van der Waals surface area (Å²) in [5, 5.41) is 50.1. The van der Waals surface area contributed by atoms with E-state index in [1.807, 2.05) is 0 Å². The van der Waals surface area contributed by atoms with Crippen LogP contribution in [0.1, 0.15) is 12.8 Å². The zero-order valence-corrected chi connectivity index (χ0v) is 15.0. The Morgan fingerprint density at radius 3 is 2.52 bits per heavy atom. The van der Waals surface area contributed by atoms with E-state index in [9.17, 15) is 34.4 Å². The lowest BCUT2D eigenvalue weighted by Gasteiger charge is -2.46. The Labute approximate surface area is 156 Å². The summed E-state index contributed by atoms with van der Waals surface area (Å²) in [6, 6.07) is -1.57. The Morgan fingerprint density at radius 2 is 2.04 bits per heavy atom. The molecular weight excluding hydrogens is 456 g/mol. The maximum absolute atomic E-state index is 14.4. The number of ether oxygens (including phenoxy) is 1. The quantitative estimate of drug-likeness (QED) is 0.139. The number of hydrogen-bond donors (Lipinski definition) is 6. The maximum atomic E-state index is 14.4. The number of carbonyl (C=O) groups is 2. The second kappa shape index (κ2) is 9.06. The second-order valence-electron chi connectivity index (χ2n) is 5.46. The summed E-state index contributed by atoms with van der Waals surface area (Å²) in [6.07, 6.45) is -4.94. The lowest BCUT2D eigenvalue weighted by molar-refractivity contribution is -0.220. The average Bonchev–Trinajstić information content (AvgIpc) is 2.58. The molecule has 3 unspecified atom stereocenters. The first-order chi connectivity index (χ1) is 11.6. The average molecular weight is 475 g/mol. The third kappa shape index (κ3) is 4.78. The largest absolute Gasteiger partial charge is 0.478 e. The van der Waals surface area contributed by atoms with Gasteiger partial charge in [-0.2, -0.15) is 0 Å². The van der Waals surface area contributed by atoms with Crippen LogP contribution in [0.4, 0.5) is 4.39 Å². The molecule has 9 nitrogen and oxygen atoms in total. The van der Waals surface area contributed by atoms with Gasteiger partial charge in [0, 0.05) is 12.8 Å². The number of aliphatic hydroxyl groups excluding tert-OH is 4. The highest BCUT2D eigenvalue weighted by Gasteiger charge is 2.60. The van der Waals surface area contributed by atoms with Gasteiger partial charge in [0.2, 0.25) is 9.51 Å². The molecule has 1 fully saturated rings. The fourth-order valence-corrected chi connectivity index (χ4v) is 2.98. The van der Waals surface area contributed by atoms with Gasteiger partial charge in [-0.05, 0) is 22.6 Å². The summed E-state index contributed by atoms with van der Waals surface area (Å²) in [5.41, 5.74) is 0. The van der Waals surface area contributed by atoms with Crippen LogP contribution in [0.5, 0.6) is 0 Å². The molecule has 1 aliphatic rings. The van der Waals surface area contributed by atoms with Crippen LogP contribution in [0.15, 0.2) is 0 Å². The van der Waals surface area contributed by atoms with Crippen molar-refractivity contribution in [3.63, 3.8) is 0 Å². The van der Waals surface area contributed by atoms with Crippen molar-refractivity contribution in [3.8, 4) is 12.3 Å². The standard InChI is InChI=1S/C14H19FINO8/c1-2-3-4-7(20)17-8-10(22)12(15)14(16,13(23)24)25-11(8)9(21)6(19)5-18/h1,6,8-12,18-19,21-22H,3-5H2,(H,17,20)(H,23,24)/t6-,8-,9-,10?,11?,12?,14-/m1/s1. The third-order valence-corrected chi connectivity index (χ3v) is 5.03. The molecule has 0 saturated carbocycles. The maximum Gasteiger partial charge on any atom is 0.349 e. The van der Waals surface area contributed by atoms with Gasteiger partial charge in [0.05, 0.1) is 12.6 Å². The number of rotatable bonds is 7. The fourth-order valence-electron chi connectivity index (χ4n) is 2.32. The summed E-state index contributed by atoms with van der Waals surface area (Å²) in [5.74, 6) is -0.232. The van der Waals surface area contributed by atoms with Gasteiger partial charge in [-0.25, -0.2) is 9.18 Å². The van der Waals surface area contributed by atoms with E-state index in [0.29, 0.717) is 0 Å². The molecule has 1 saturated heterocycles. The third-order valence-electron chi connectivity index (χ3n) is 3.72. The summed E-state index contributed by atoms with van der Waals surface area (Å²) >= 11 is 1.12. The van der Waals surface area contributed by atoms with Crippen molar-refractivity contribution in [2.75, 3.05) is 6.61 Å². The first-order valence-electron chi connectivity index (χ1n) is 7.22. The van der Waals surface area contributed by atoms with E-state index in [-0.39, 0.29) is 12.8 Å². The minimum Gasteiger partial charge on any atom is -0.478 e. The predicted octanol–water partition coefficient (Wildman–Crippen LogP) is -2.09. The van der Waals surface area contributed by atoms with E-state index in [0.717, 1.165) is 22.6 Å². The van der Waals surface area contributed by atoms with Crippen molar-refractivity contribution < 1.29 is 44.2 Å². The molecule has 142 valence electrons. The van der Waals surface area contributed by atoms with Crippen LogP contribution in [0.2, 0.25) is 0 Å². The number of aliphatic carboxylic acids is 1. The van der Waals surface area contributed by atoms with Gasteiger partial charge >= 0.3 is 5.97 Å². The SMILES string of the molecule is C#CCCC(=O)N[C@@H]1C(O)C(F)[C@](I)(C(=O)O)OC1[C@H](O)[C@H](O)CO. The first kappa shape index (κ1) is 22.0. The lowest BCUT2D eigenvalue weighted by atomic mass is 9.88. The van der Waals surface area contributed by atoms with Gasteiger partial charge in [0.25, 0.3) is 0 Å². The molecule has 1 aliphatic heterocycles. The Kier molecular flexibility index (Phi) is 7.97. The van der Waals surface area contributed by atoms with Crippen LogP contribution in [0.3, 0.4) is 0 Å². The van der Waals surface area contributed by atoms with E-state index in [1.165, 1.54) is 0 Å². The Hall–Kier alpha value is -1.04. The van der Waals surface area contributed by atoms with Crippen LogP contribution < -0.4 is 5.32 Å². The Bertz CT molecular complexity index is 543. The van der Waals surface area contributed by atoms with E-state index < -0.39 is 58.7 Å². The van der Waals surface area contributed by atoms with Crippen LogP contribution in [-0.4, -0.2) is 84.3 Å². The molecule has 0 aromatic carbocycles. The van der Waals surface area contributed by atoms with E-state index in [1.54, 1.807) is 0 Å². The number of amides is 1. The summed E-state index contributed by atoms with van der Waals surface area (Å²) < 4.78 is 16.9. The fraction of sp³-hybridized carbons (Fsp3) is 0.714. The zero-order valence-electron chi connectivity index (χ0n) is 12.9. The number of carboxylic acid groups (broad SMARTS) is 1. The van der Waals surface area contributed by atoms with Crippen molar-refractivity contribution in [3.05, 3.63) is 0 Å². The molecule has 1 heterocycles. The highest BCUT2D eigenvalue weighted by atomic mass is 127. The van der Waals surface area contributed by atoms with Crippen molar-refractivity contribution >= 4 is 34.5 Å². The molecule has 0 bridgehead atoms. The number of aliphatic hydroxyl groups is 4. The molecule has 1 amide bonds.